The van der Waals surface area contributed by atoms with E-state index in [1.54, 1.807) is 19.1 Å². The number of nitrogens with one attached hydrogen (secondary N) is 2. The highest BCUT2D eigenvalue weighted by Crippen LogP contribution is 2.27. The molecule has 0 unspecified atom stereocenters. The second kappa shape index (κ2) is 7.15. The van der Waals surface area contributed by atoms with Crippen LogP contribution in [0.4, 0.5) is 11.4 Å². The zero-order valence-corrected chi connectivity index (χ0v) is 10.8. The molecule has 1 atom stereocenters. The fourth-order valence-corrected chi connectivity index (χ4v) is 1.57. The highest BCUT2D eigenvalue weighted by atomic mass is 35.5. The van der Waals surface area contributed by atoms with Gasteiger partial charge in [0.05, 0.1) is 11.0 Å². The van der Waals surface area contributed by atoms with Crippen molar-refractivity contribution < 1.29 is 10.0 Å². The van der Waals surface area contributed by atoms with E-state index in [9.17, 15) is 10.1 Å². The maximum Gasteiger partial charge on any atom is 0.293 e. The van der Waals surface area contributed by atoms with Gasteiger partial charge >= 0.3 is 0 Å². The molecule has 0 saturated heterocycles. The number of halogens is 1. The van der Waals surface area contributed by atoms with Gasteiger partial charge in [-0.3, -0.25) is 10.1 Å². The molecule has 3 N–H and O–H groups in total. The van der Waals surface area contributed by atoms with E-state index >= 15 is 0 Å². The average Bonchev–Trinajstić information content (AvgIpc) is 2.29. The number of anilines is 1. The predicted molar refractivity (Wildman–Crippen MR) is 71.1 cm³/mol. The van der Waals surface area contributed by atoms with Crippen LogP contribution in [0.3, 0.4) is 0 Å². The van der Waals surface area contributed by atoms with Crippen molar-refractivity contribution in [3.05, 3.63) is 33.3 Å². The number of aliphatic hydroxyl groups excluding tert-OH is 1. The number of nitro groups is 1. The van der Waals surface area contributed by atoms with E-state index < -0.39 is 11.0 Å². The molecule has 6 nitrogen and oxygen atoms in total. The van der Waals surface area contributed by atoms with Crippen molar-refractivity contribution in [2.24, 2.45) is 0 Å². The molecule has 0 amide bonds. The number of aliphatic hydroxyl groups is 1. The van der Waals surface area contributed by atoms with Crippen molar-refractivity contribution in [2.45, 2.75) is 13.0 Å². The molecular weight excluding hydrogens is 258 g/mol. The van der Waals surface area contributed by atoms with Gasteiger partial charge in [-0.15, -0.1) is 0 Å². The van der Waals surface area contributed by atoms with Gasteiger partial charge in [0.15, 0.2) is 0 Å². The van der Waals surface area contributed by atoms with E-state index in [1.165, 1.54) is 6.07 Å². The van der Waals surface area contributed by atoms with E-state index in [0.717, 1.165) is 0 Å². The van der Waals surface area contributed by atoms with Crippen LogP contribution in [0.2, 0.25) is 5.02 Å². The average molecular weight is 274 g/mol. The Morgan fingerprint density at radius 2 is 2.22 bits per heavy atom. The SMILES string of the molecule is C[C@@H](O)CNCCNc1ccc(Cl)cc1[N+](=O)[O-]. The van der Waals surface area contributed by atoms with Crippen molar-refractivity contribution in [3.63, 3.8) is 0 Å². The molecule has 0 bridgehead atoms. The largest absolute Gasteiger partial charge is 0.392 e. The fraction of sp³-hybridized carbons (Fsp3) is 0.455. The minimum atomic E-state index is -0.475. The van der Waals surface area contributed by atoms with Crippen molar-refractivity contribution in [1.82, 2.24) is 5.32 Å². The normalized spacial score (nSPS) is 12.2. The Labute approximate surface area is 110 Å². The zero-order chi connectivity index (χ0) is 13.5. The lowest BCUT2D eigenvalue weighted by Crippen LogP contribution is -2.29. The van der Waals surface area contributed by atoms with Crippen LogP contribution in [0.5, 0.6) is 0 Å². The lowest BCUT2D eigenvalue weighted by molar-refractivity contribution is -0.383. The van der Waals surface area contributed by atoms with E-state index in [0.29, 0.717) is 30.3 Å². The molecule has 0 heterocycles. The summed E-state index contributed by atoms with van der Waals surface area (Å²) in [6.07, 6.45) is -0.408. The first-order chi connectivity index (χ1) is 8.50. The molecule has 0 saturated carbocycles. The minimum absolute atomic E-state index is 0.0435. The van der Waals surface area contributed by atoms with Crippen LogP contribution in [-0.4, -0.2) is 35.8 Å². The summed E-state index contributed by atoms with van der Waals surface area (Å²) in [5.41, 5.74) is 0.390. The van der Waals surface area contributed by atoms with Gasteiger partial charge in [0, 0.05) is 30.7 Å². The highest BCUT2D eigenvalue weighted by molar-refractivity contribution is 6.30. The van der Waals surface area contributed by atoms with Crippen molar-refractivity contribution in [2.75, 3.05) is 25.0 Å². The number of nitro benzene ring substituents is 1. The quantitative estimate of drug-likeness (QED) is 0.399. The number of hydrogen-bond acceptors (Lipinski definition) is 5. The van der Waals surface area contributed by atoms with E-state index in [1.807, 2.05) is 0 Å². The molecule has 0 aliphatic heterocycles. The number of benzene rings is 1. The Morgan fingerprint density at radius 3 is 2.83 bits per heavy atom. The highest BCUT2D eigenvalue weighted by Gasteiger charge is 2.13. The first-order valence-electron chi connectivity index (χ1n) is 5.57. The molecule has 0 aliphatic carbocycles. The molecular formula is C11H16ClN3O3. The van der Waals surface area contributed by atoms with Gasteiger partial charge < -0.3 is 15.7 Å². The Balaban J connectivity index is 2.49. The summed E-state index contributed by atoms with van der Waals surface area (Å²) < 4.78 is 0. The van der Waals surface area contributed by atoms with Crippen LogP contribution in [0.1, 0.15) is 6.92 Å². The summed E-state index contributed by atoms with van der Waals surface area (Å²) in [5, 5.41) is 26.1. The number of rotatable bonds is 7. The second-order valence-electron chi connectivity index (χ2n) is 3.90. The molecule has 0 aromatic heterocycles. The van der Waals surface area contributed by atoms with Gasteiger partial charge in [0.25, 0.3) is 5.69 Å². The first kappa shape index (κ1) is 14.7. The molecule has 100 valence electrons. The summed E-state index contributed by atoms with van der Waals surface area (Å²) in [5.74, 6) is 0. The summed E-state index contributed by atoms with van der Waals surface area (Å²) in [6, 6.07) is 4.49. The third-order valence-corrected chi connectivity index (χ3v) is 2.45. The van der Waals surface area contributed by atoms with Gasteiger partial charge in [-0.1, -0.05) is 11.6 Å². The van der Waals surface area contributed by atoms with Gasteiger partial charge in [-0.2, -0.15) is 0 Å². The van der Waals surface area contributed by atoms with E-state index in [2.05, 4.69) is 10.6 Å². The topological polar surface area (TPSA) is 87.4 Å². The molecule has 0 aliphatic rings. The number of nitrogens with zero attached hydrogens (tertiary/aromatic N) is 1. The van der Waals surface area contributed by atoms with Gasteiger partial charge in [0.2, 0.25) is 0 Å². The summed E-state index contributed by atoms with van der Waals surface area (Å²) in [6.45, 7) is 3.30. The molecule has 7 heteroatoms. The van der Waals surface area contributed by atoms with Gasteiger partial charge in [0.1, 0.15) is 5.69 Å². The first-order valence-corrected chi connectivity index (χ1v) is 5.95. The Bertz CT molecular complexity index is 413. The monoisotopic (exact) mass is 273 g/mol. The second-order valence-corrected chi connectivity index (χ2v) is 4.33. The third-order valence-electron chi connectivity index (χ3n) is 2.21. The molecule has 1 rings (SSSR count). The standard InChI is InChI=1S/C11H16ClN3O3/c1-8(16)7-13-4-5-14-10-3-2-9(12)6-11(10)15(17)18/h2-3,6,8,13-14,16H,4-5,7H2,1H3/t8-/m1/s1. The van der Waals surface area contributed by atoms with Crippen molar-refractivity contribution in [1.29, 1.82) is 0 Å². The minimum Gasteiger partial charge on any atom is -0.392 e. The fourth-order valence-electron chi connectivity index (χ4n) is 1.40. The molecule has 0 radical (unpaired) electrons. The van der Waals surface area contributed by atoms with Crippen LogP contribution in [0, 0.1) is 10.1 Å². The van der Waals surface area contributed by atoms with Crippen LogP contribution < -0.4 is 10.6 Å². The summed E-state index contributed by atoms with van der Waals surface area (Å²) >= 11 is 5.71. The Hall–Kier alpha value is -1.37. The molecule has 0 spiro atoms. The van der Waals surface area contributed by atoms with Crippen LogP contribution in [-0.2, 0) is 0 Å². The third kappa shape index (κ3) is 4.87. The summed E-state index contributed by atoms with van der Waals surface area (Å²) in [7, 11) is 0. The van der Waals surface area contributed by atoms with Crippen LogP contribution in [0.15, 0.2) is 18.2 Å². The summed E-state index contributed by atoms with van der Waals surface area (Å²) in [4.78, 5) is 10.3. The predicted octanol–water partition coefficient (Wildman–Crippen LogP) is 1.63. The van der Waals surface area contributed by atoms with E-state index in [4.69, 9.17) is 16.7 Å². The molecule has 0 fully saturated rings. The zero-order valence-electron chi connectivity index (χ0n) is 10.0. The lowest BCUT2D eigenvalue weighted by atomic mass is 10.2. The van der Waals surface area contributed by atoms with E-state index in [-0.39, 0.29) is 5.69 Å². The van der Waals surface area contributed by atoms with Crippen molar-refractivity contribution >= 4 is 23.0 Å². The maximum atomic E-state index is 10.8. The molecule has 1 aromatic carbocycles. The van der Waals surface area contributed by atoms with Gasteiger partial charge in [-0.05, 0) is 19.1 Å². The van der Waals surface area contributed by atoms with Crippen LogP contribution >= 0.6 is 11.6 Å². The smallest absolute Gasteiger partial charge is 0.293 e. The Kier molecular flexibility index (Phi) is 5.84. The molecule has 1 aromatic rings. The maximum absolute atomic E-state index is 10.8. The molecule has 18 heavy (non-hydrogen) atoms. The Morgan fingerprint density at radius 1 is 1.50 bits per heavy atom. The van der Waals surface area contributed by atoms with Crippen molar-refractivity contribution in [3.8, 4) is 0 Å². The number of hydrogen-bond donors (Lipinski definition) is 3. The lowest BCUT2D eigenvalue weighted by Gasteiger charge is -2.09. The van der Waals surface area contributed by atoms with Crippen LogP contribution in [0.25, 0.3) is 0 Å². The van der Waals surface area contributed by atoms with Gasteiger partial charge in [-0.25, -0.2) is 0 Å².